The summed E-state index contributed by atoms with van der Waals surface area (Å²) < 4.78 is 1.77. The number of amides is 1. The molecule has 0 bridgehead atoms. The zero-order valence-corrected chi connectivity index (χ0v) is 18.5. The Bertz CT molecular complexity index is 982. The number of hydrogen-bond acceptors (Lipinski definition) is 4. The lowest BCUT2D eigenvalue weighted by Crippen LogP contribution is -2.44. The van der Waals surface area contributed by atoms with Gasteiger partial charge in [0.2, 0.25) is 0 Å². The molecule has 0 atom stereocenters. The number of aromatic nitrogens is 3. The van der Waals surface area contributed by atoms with Crippen LogP contribution in [0.25, 0.3) is 22.3 Å². The van der Waals surface area contributed by atoms with E-state index >= 15 is 0 Å². The number of likely N-dealkylation sites (tertiary alicyclic amines) is 1. The number of benzene rings is 1. The predicted octanol–water partition coefficient (Wildman–Crippen LogP) is 3.61. The van der Waals surface area contributed by atoms with Crippen molar-refractivity contribution in [2.24, 2.45) is 7.05 Å². The van der Waals surface area contributed by atoms with Crippen molar-refractivity contribution in [3.05, 3.63) is 47.7 Å². The molecule has 8 heteroatoms. The molecule has 2 aromatic heterocycles. The Kier molecular flexibility index (Phi) is 7.63. The maximum atomic E-state index is 13.4. The highest BCUT2D eigenvalue weighted by Gasteiger charge is 2.26. The van der Waals surface area contributed by atoms with Crippen LogP contribution in [0.15, 0.2) is 36.4 Å². The summed E-state index contributed by atoms with van der Waals surface area (Å²) in [5.41, 5.74) is 4.10. The topological polar surface area (TPSA) is 63.1 Å². The van der Waals surface area contributed by atoms with E-state index in [1.807, 2.05) is 62.3 Å². The summed E-state index contributed by atoms with van der Waals surface area (Å²) in [5, 5.41) is 8.69. The summed E-state index contributed by atoms with van der Waals surface area (Å²) in [4.78, 5) is 20.2. The van der Waals surface area contributed by atoms with E-state index in [1.165, 1.54) is 0 Å². The van der Waals surface area contributed by atoms with Crippen molar-refractivity contribution in [2.75, 3.05) is 20.1 Å². The largest absolute Gasteiger partial charge is 0.339 e. The van der Waals surface area contributed by atoms with Crippen LogP contribution in [0.5, 0.6) is 0 Å². The highest BCUT2D eigenvalue weighted by molar-refractivity contribution is 6.07. The number of halogens is 2. The fourth-order valence-corrected chi connectivity index (χ4v) is 3.91. The van der Waals surface area contributed by atoms with Crippen molar-refractivity contribution in [3.8, 4) is 11.3 Å². The highest BCUT2D eigenvalue weighted by atomic mass is 35.5. The lowest BCUT2D eigenvalue weighted by Gasteiger charge is -2.32. The molecule has 0 radical (unpaired) electrons. The standard InChI is InChI=1S/C21H25N5O.2ClH/c1-14-19-17(21(27)26-11-9-16(22-2)10-12-26)13-18(15-7-5-4-6-8-15)23-20(19)25(3)24-14;;/h4-8,13,16,22H,9-12H2,1-3H3;2*1H. The van der Waals surface area contributed by atoms with E-state index < -0.39 is 0 Å². The summed E-state index contributed by atoms with van der Waals surface area (Å²) in [7, 11) is 3.86. The second-order valence-electron chi connectivity index (χ2n) is 7.18. The average Bonchev–Trinajstić information content (AvgIpc) is 3.01. The van der Waals surface area contributed by atoms with E-state index in [0.717, 1.165) is 53.9 Å². The third-order valence-electron chi connectivity index (χ3n) is 5.46. The maximum absolute atomic E-state index is 13.4. The van der Waals surface area contributed by atoms with Crippen molar-refractivity contribution in [2.45, 2.75) is 25.8 Å². The molecule has 0 spiro atoms. The number of nitrogens with zero attached hydrogens (tertiary/aromatic N) is 4. The van der Waals surface area contributed by atoms with Crippen LogP contribution < -0.4 is 5.32 Å². The number of pyridine rings is 1. The van der Waals surface area contributed by atoms with Crippen LogP contribution in [0.1, 0.15) is 28.9 Å². The van der Waals surface area contributed by atoms with Gasteiger partial charge in [0.1, 0.15) is 0 Å². The van der Waals surface area contributed by atoms with Gasteiger partial charge in [-0.3, -0.25) is 9.48 Å². The van der Waals surface area contributed by atoms with Crippen LogP contribution in [0.4, 0.5) is 0 Å². The molecule has 1 aliphatic rings. The third-order valence-corrected chi connectivity index (χ3v) is 5.46. The Labute approximate surface area is 183 Å². The Morgan fingerprint density at radius 1 is 1.14 bits per heavy atom. The molecule has 1 amide bonds. The minimum absolute atomic E-state index is 0. The van der Waals surface area contributed by atoms with Crippen molar-refractivity contribution < 1.29 is 4.79 Å². The number of fused-ring (bicyclic) bond motifs is 1. The summed E-state index contributed by atoms with van der Waals surface area (Å²) >= 11 is 0. The minimum atomic E-state index is 0. The molecular weight excluding hydrogens is 409 g/mol. The van der Waals surface area contributed by atoms with Gasteiger partial charge in [0, 0.05) is 31.7 Å². The Morgan fingerprint density at radius 2 is 1.79 bits per heavy atom. The van der Waals surface area contributed by atoms with Crippen LogP contribution in [-0.2, 0) is 7.05 Å². The van der Waals surface area contributed by atoms with Crippen LogP contribution in [0, 0.1) is 6.92 Å². The van der Waals surface area contributed by atoms with Gasteiger partial charge in [-0.2, -0.15) is 5.10 Å². The third kappa shape index (κ3) is 4.39. The van der Waals surface area contributed by atoms with Gasteiger partial charge in [-0.15, -0.1) is 24.8 Å². The fraction of sp³-hybridized carbons (Fsp3) is 0.381. The first kappa shape index (κ1) is 23.1. The second-order valence-corrected chi connectivity index (χ2v) is 7.18. The zero-order valence-electron chi connectivity index (χ0n) is 16.9. The first-order valence-electron chi connectivity index (χ1n) is 9.45. The second kappa shape index (κ2) is 9.57. The molecule has 0 saturated carbocycles. The van der Waals surface area contributed by atoms with Gasteiger partial charge in [0.15, 0.2) is 5.65 Å². The fourth-order valence-electron chi connectivity index (χ4n) is 3.91. The SMILES string of the molecule is CNC1CCN(C(=O)c2cc(-c3ccccc3)nc3c2c(C)nn3C)CC1.Cl.Cl. The quantitative estimate of drug-likeness (QED) is 0.682. The Balaban J connectivity index is 0.00000150. The molecular formula is C21H27Cl2N5O. The molecule has 1 aliphatic heterocycles. The van der Waals surface area contributed by atoms with Gasteiger partial charge >= 0.3 is 0 Å². The van der Waals surface area contributed by atoms with Gasteiger partial charge in [0.25, 0.3) is 5.91 Å². The van der Waals surface area contributed by atoms with Crippen LogP contribution in [0.2, 0.25) is 0 Å². The number of rotatable bonds is 3. The van der Waals surface area contributed by atoms with Gasteiger partial charge in [-0.05, 0) is 32.9 Å². The number of aryl methyl sites for hydroxylation is 2. The molecule has 4 rings (SSSR count). The van der Waals surface area contributed by atoms with Crippen LogP contribution >= 0.6 is 24.8 Å². The molecule has 29 heavy (non-hydrogen) atoms. The van der Waals surface area contributed by atoms with E-state index in [9.17, 15) is 4.79 Å². The molecule has 1 N–H and O–H groups in total. The molecule has 1 fully saturated rings. The minimum Gasteiger partial charge on any atom is -0.339 e. The van der Waals surface area contributed by atoms with E-state index in [4.69, 9.17) is 4.98 Å². The van der Waals surface area contributed by atoms with Gasteiger partial charge < -0.3 is 10.2 Å². The summed E-state index contributed by atoms with van der Waals surface area (Å²) in [5.74, 6) is 0.0743. The molecule has 1 saturated heterocycles. The Morgan fingerprint density at radius 3 is 2.41 bits per heavy atom. The summed E-state index contributed by atoms with van der Waals surface area (Å²) in [6.07, 6.45) is 1.96. The van der Waals surface area contributed by atoms with E-state index in [2.05, 4.69) is 10.4 Å². The number of piperidine rings is 1. The molecule has 156 valence electrons. The lowest BCUT2D eigenvalue weighted by molar-refractivity contribution is 0.0709. The van der Waals surface area contributed by atoms with Crippen molar-refractivity contribution >= 4 is 41.8 Å². The molecule has 3 aromatic rings. The monoisotopic (exact) mass is 435 g/mol. The number of hydrogen-bond donors (Lipinski definition) is 1. The highest BCUT2D eigenvalue weighted by Crippen LogP contribution is 2.28. The molecule has 0 unspecified atom stereocenters. The van der Waals surface area contributed by atoms with Crippen molar-refractivity contribution in [1.29, 1.82) is 0 Å². The van der Waals surface area contributed by atoms with E-state index in [1.54, 1.807) is 4.68 Å². The number of carbonyl (C=O) groups excluding carboxylic acids is 1. The molecule has 1 aromatic carbocycles. The molecule has 0 aliphatic carbocycles. The van der Waals surface area contributed by atoms with Crippen molar-refractivity contribution in [3.63, 3.8) is 0 Å². The van der Waals surface area contributed by atoms with E-state index in [-0.39, 0.29) is 30.7 Å². The zero-order chi connectivity index (χ0) is 19.0. The van der Waals surface area contributed by atoms with E-state index in [0.29, 0.717) is 11.6 Å². The van der Waals surface area contributed by atoms with Gasteiger partial charge in [-0.25, -0.2) is 4.98 Å². The van der Waals surface area contributed by atoms with Crippen LogP contribution in [-0.4, -0.2) is 51.8 Å². The number of nitrogens with one attached hydrogen (secondary N) is 1. The first-order valence-corrected chi connectivity index (χ1v) is 9.45. The average molecular weight is 436 g/mol. The van der Waals surface area contributed by atoms with Crippen molar-refractivity contribution in [1.82, 2.24) is 25.0 Å². The normalized spacial score (nSPS) is 14.4. The maximum Gasteiger partial charge on any atom is 0.254 e. The predicted molar refractivity (Wildman–Crippen MR) is 121 cm³/mol. The van der Waals surface area contributed by atoms with Gasteiger partial charge in [0.05, 0.1) is 22.3 Å². The Hall–Kier alpha value is -2.15. The smallest absolute Gasteiger partial charge is 0.254 e. The van der Waals surface area contributed by atoms with Gasteiger partial charge in [-0.1, -0.05) is 30.3 Å². The lowest BCUT2D eigenvalue weighted by atomic mass is 10.0. The summed E-state index contributed by atoms with van der Waals surface area (Å²) in [6.45, 7) is 3.48. The first-order chi connectivity index (χ1) is 13.1. The summed E-state index contributed by atoms with van der Waals surface area (Å²) in [6, 6.07) is 12.4. The molecule has 6 nitrogen and oxygen atoms in total. The molecule has 3 heterocycles. The number of carbonyl (C=O) groups is 1. The van der Waals surface area contributed by atoms with Crippen LogP contribution in [0.3, 0.4) is 0 Å².